The molecular formula is C20H29N3O2. The molecule has 2 amide bonds. The molecule has 25 heavy (non-hydrogen) atoms. The lowest BCUT2D eigenvalue weighted by molar-refractivity contribution is -0.108. The molecule has 2 fully saturated rings. The maximum Gasteiger partial charge on any atom is 0.315 e. The number of hydrogen-bond acceptors (Lipinski definition) is 3. The normalized spacial score (nSPS) is 30.1. The quantitative estimate of drug-likeness (QED) is 0.881. The number of amides is 2. The van der Waals surface area contributed by atoms with Crippen LogP contribution in [-0.4, -0.2) is 49.3 Å². The molecule has 1 saturated heterocycles. The van der Waals surface area contributed by atoms with E-state index in [1.54, 1.807) is 0 Å². The van der Waals surface area contributed by atoms with Gasteiger partial charge in [-0.1, -0.05) is 38.1 Å². The topological polar surface area (TPSA) is 53.6 Å². The molecule has 2 N–H and O–H groups in total. The van der Waals surface area contributed by atoms with E-state index in [-0.39, 0.29) is 17.5 Å². The lowest BCUT2D eigenvalue weighted by atomic mass is 9.57. The summed E-state index contributed by atoms with van der Waals surface area (Å²) in [5.74, 6) is 0.486. The van der Waals surface area contributed by atoms with E-state index in [9.17, 15) is 4.79 Å². The zero-order valence-electron chi connectivity index (χ0n) is 15.3. The summed E-state index contributed by atoms with van der Waals surface area (Å²) in [6.45, 7) is 8.84. The Labute approximate surface area is 150 Å². The molecule has 136 valence electrons. The first kappa shape index (κ1) is 16.9. The summed E-state index contributed by atoms with van der Waals surface area (Å²) >= 11 is 0. The van der Waals surface area contributed by atoms with Gasteiger partial charge in [-0.3, -0.25) is 4.90 Å². The monoisotopic (exact) mass is 343 g/mol. The molecule has 2 aliphatic heterocycles. The van der Waals surface area contributed by atoms with E-state index in [0.29, 0.717) is 18.6 Å². The van der Waals surface area contributed by atoms with Crippen molar-refractivity contribution < 1.29 is 9.53 Å². The van der Waals surface area contributed by atoms with Gasteiger partial charge in [0.15, 0.2) is 0 Å². The van der Waals surface area contributed by atoms with Crippen molar-refractivity contribution in [2.24, 2.45) is 11.3 Å². The minimum atomic E-state index is -0.0409. The lowest BCUT2D eigenvalue weighted by Gasteiger charge is -2.54. The number of benzene rings is 1. The van der Waals surface area contributed by atoms with Crippen LogP contribution in [0.1, 0.15) is 31.4 Å². The van der Waals surface area contributed by atoms with E-state index >= 15 is 0 Å². The number of nitrogens with zero attached hydrogens (tertiary/aromatic N) is 1. The standard InChI is InChI=1S/C20H29N3O2/c1-20(2)17(16-8-12-25-18(16)20)22-19(24)21-9-11-23-10-7-14-5-3-4-6-15(14)13-23/h3-6,16-18H,7-13H2,1-2H3,(H2,21,22,24)/t16-,17-,18+/m1/s1. The average Bonchev–Trinajstić information content (AvgIpc) is 3.07. The Morgan fingerprint density at radius 2 is 2.12 bits per heavy atom. The third-order valence-electron chi connectivity index (χ3n) is 6.31. The minimum absolute atomic E-state index is 0.0368. The summed E-state index contributed by atoms with van der Waals surface area (Å²) in [7, 11) is 0. The van der Waals surface area contributed by atoms with E-state index < -0.39 is 0 Å². The first-order chi connectivity index (χ1) is 12.1. The Kier molecular flexibility index (Phi) is 4.46. The number of urea groups is 1. The summed E-state index contributed by atoms with van der Waals surface area (Å²) < 4.78 is 5.79. The number of hydrogen-bond donors (Lipinski definition) is 2. The molecule has 3 atom stereocenters. The molecule has 3 aliphatic rings. The molecule has 0 unspecified atom stereocenters. The van der Waals surface area contributed by atoms with Crippen LogP contribution in [0.4, 0.5) is 4.79 Å². The molecule has 1 saturated carbocycles. The number of carbonyl (C=O) groups is 1. The van der Waals surface area contributed by atoms with Gasteiger partial charge in [-0.05, 0) is 24.0 Å². The molecule has 5 nitrogen and oxygen atoms in total. The molecule has 0 bridgehead atoms. The molecule has 1 aliphatic carbocycles. The first-order valence-corrected chi connectivity index (χ1v) is 9.51. The molecule has 4 rings (SSSR count). The molecule has 1 aromatic carbocycles. The van der Waals surface area contributed by atoms with Crippen molar-refractivity contribution in [3.63, 3.8) is 0 Å². The predicted octanol–water partition coefficient (Wildman–Crippen LogP) is 2.16. The van der Waals surface area contributed by atoms with E-state index in [0.717, 1.165) is 39.1 Å². The smallest absolute Gasteiger partial charge is 0.315 e. The number of carbonyl (C=O) groups excluding carboxylic acids is 1. The van der Waals surface area contributed by atoms with Crippen molar-refractivity contribution in [1.82, 2.24) is 15.5 Å². The van der Waals surface area contributed by atoms with Crippen molar-refractivity contribution in [1.29, 1.82) is 0 Å². The molecular weight excluding hydrogens is 314 g/mol. The maximum atomic E-state index is 12.3. The van der Waals surface area contributed by atoms with Crippen LogP contribution < -0.4 is 10.6 Å². The second-order valence-electron chi connectivity index (χ2n) is 8.24. The van der Waals surface area contributed by atoms with E-state index in [1.807, 2.05) is 0 Å². The van der Waals surface area contributed by atoms with Gasteiger partial charge in [-0.2, -0.15) is 0 Å². The van der Waals surface area contributed by atoms with Gasteiger partial charge in [-0.15, -0.1) is 0 Å². The van der Waals surface area contributed by atoms with Crippen molar-refractivity contribution in [3.05, 3.63) is 35.4 Å². The van der Waals surface area contributed by atoms with Gasteiger partial charge < -0.3 is 15.4 Å². The third-order valence-corrected chi connectivity index (χ3v) is 6.31. The van der Waals surface area contributed by atoms with Crippen molar-refractivity contribution in [2.45, 2.75) is 45.4 Å². The lowest BCUT2D eigenvalue weighted by Crippen LogP contribution is -2.67. The minimum Gasteiger partial charge on any atom is -0.377 e. The van der Waals surface area contributed by atoms with Crippen LogP contribution in [-0.2, 0) is 17.7 Å². The highest BCUT2D eigenvalue weighted by atomic mass is 16.5. The summed E-state index contributed by atoms with van der Waals surface area (Å²) in [6, 6.07) is 8.83. The van der Waals surface area contributed by atoms with E-state index in [2.05, 4.69) is 53.6 Å². The fraction of sp³-hybridized carbons (Fsp3) is 0.650. The van der Waals surface area contributed by atoms with Crippen LogP contribution in [0.5, 0.6) is 0 Å². The highest BCUT2D eigenvalue weighted by Gasteiger charge is 2.59. The average molecular weight is 343 g/mol. The predicted molar refractivity (Wildman–Crippen MR) is 97.4 cm³/mol. The van der Waals surface area contributed by atoms with Crippen molar-refractivity contribution >= 4 is 6.03 Å². The maximum absolute atomic E-state index is 12.3. The Balaban J connectivity index is 1.21. The van der Waals surface area contributed by atoms with Crippen molar-refractivity contribution in [3.8, 4) is 0 Å². The number of ether oxygens (including phenoxy) is 1. The summed E-state index contributed by atoms with van der Waals surface area (Å²) in [5.41, 5.74) is 2.92. The van der Waals surface area contributed by atoms with Crippen LogP contribution in [0.15, 0.2) is 24.3 Å². The van der Waals surface area contributed by atoms with E-state index in [4.69, 9.17) is 4.74 Å². The molecule has 0 spiro atoms. The summed E-state index contributed by atoms with van der Waals surface area (Å²) in [5, 5.41) is 6.22. The van der Waals surface area contributed by atoms with Crippen LogP contribution in [0.2, 0.25) is 0 Å². The Bertz CT molecular complexity index is 646. The highest BCUT2D eigenvalue weighted by molar-refractivity contribution is 5.74. The molecule has 1 aromatic rings. The van der Waals surface area contributed by atoms with Gasteiger partial charge in [0.1, 0.15) is 0 Å². The van der Waals surface area contributed by atoms with E-state index in [1.165, 1.54) is 11.1 Å². The second-order valence-corrected chi connectivity index (χ2v) is 8.24. The van der Waals surface area contributed by atoms with Crippen molar-refractivity contribution in [2.75, 3.05) is 26.2 Å². The Morgan fingerprint density at radius 1 is 1.32 bits per heavy atom. The fourth-order valence-corrected chi connectivity index (χ4v) is 4.88. The summed E-state index contributed by atoms with van der Waals surface area (Å²) in [6.07, 6.45) is 2.47. The zero-order chi connectivity index (χ0) is 17.4. The number of rotatable bonds is 4. The van der Waals surface area contributed by atoms with Gasteiger partial charge in [-0.25, -0.2) is 4.79 Å². The van der Waals surface area contributed by atoms with Gasteiger partial charge >= 0.3 is 6.03 Å². The number of nitrogens with one attached hydrogen (secondary N) is 2. The van der Waals surface area contributed by atoms with Gasteiger partial charge in [0, 0.05) is 50.2 Å². The summed E-state index contributed by atoms with van der Waals surface area (Å²) in [4.78, 5) is 14.7. The van der Waals surface area contributed by atoms with Crippen LogP contribution in [0.3, 0.4) is 0 Å². The first-order valence-electron chi connectivity index (χ1n) is 9.51. The highest BCUT2D eigenvalue weighted by Crippen LogP contribution is 2.52. The third kappa shape index (κ3) is 3.15. The van der Waals surface area contributed by atoms with Gasteiger partial charge in [0.2, 0.25) is 0 Å². The second kappa shape index (κ2) is 6.61. The molecule has 2 heterocycles. The van der Waals surface area contributed by atoms with Crippen LogP contribution in [0.25, 0.3) is 0 Å². The molecule has 0 radical (unpaired) electrons. The van der Waals surface area contributed by atoms with Gasteiger partial charge in [0.05, 0.1) is 6.10 Å². The Hall–Kier alpha value is -1.59. The largest absolute Gasteiger partial charge is 0.377 e. The zero-order valence-corrected chi connectivity index (χ0v) is 15.3. The van der Waals surface area contributed by atoms with Gasteiger partial charge in [0.25, 0.3) is 0 Å². The fourth-order valence-electron chi connectivity index (χ4n) is 4.88. The Morgan fingerprint density at radius 3 is 2.96 bits per heavy atom. The van der Waals surface area contributed by atoms with Crippen LogP contribution >= 0.6 is 0 Å². The molecule has 0 aromatic heterocycles. The molecule has 5 heteroatoms. The number of fused-ring (bicyclic) bond motifs is 2. The SMILES string of the molecule is CC1(C)[C@H](NC(=O)NCCN2CCc3ccccc3C2)[C@H]2CCO[C@@H]21. The van der Waals surface area contributed by atoms with Crippen LogP contribution in [0, 0.1) is 11.3 Å².